The predicted octanol–water partition coefficient (Wildman–Crippen LogP) is 3.69. The van der Waals surface area contributed by atoms with Crippen molar-refractivity contribution >= 4 is 28.8 Å². The lowest BCUT2D eigenvalue weighted by atomic mass is 9.88. The third-order valence-electron chi connectivity index (χ3n) is 2.50. The fourth-order valence-electron chi connectivity index (χ4n) is 1.94. The molecule has 1 N–H and O–H groups in total. The molecular formula is C11H17NS2. The Morgan fingerprint density at radius 3 is 3.00 bits per heavy atom. The number of hydrogen-bond donors (Lipinski definition) is 1. The van der Waals surface area contributed by atoms with Gasteiger partial charge in [-0.15, -0.1) is 0 Å². The van der Waals surface area contributed by atoms with E-state index in [0.717, 1.165) is 0 Å². The lowest BCUT2D eigenvalue weighted by Crippen LogP contribution is -2.35. The highest BCUT2D eigenvalue weighted by molar-refractivity contribution is 7.99. The number of thiophene rings is 1. The van der Waals surface area contributed by atoms with Crippen LogP contribution in [0.25, 0.3) is 0 Å². The highest BCUT2D eigenvalue weighted by Crippen LogP contribution is 2.34. The van der Waals surface area contributed by atoms with Crippen molar-refractivity contribution in [1.29, 1.82) is 0 Å². The van der Waals surface area contributed by atoms with Crippen LogP contribution in [0.1, 0.15) is 20.3 Å². The van der Waals surface area contributed by atoms with Crippen molar-refractivity contribution in [3.05, 3.63) is 16.8 Å². The summed E-state index contributed by atoms with van der Waals surface area (Å²) >= 11 is 3.83. The Balaban J connectivity index is 1.92. The van der Waals surface area contributed by atoms with Gasteiger partial charge in [0.05, 0.1) is 0 Å². The van der Waals surface area contributed by atoms with Crippen molar-refractivity contribution in [3.8, 4) is 0 Å². The summed E-state index contributed by atoms with van der Waals surface area (Å²) in [4.78, 5) is 0. The number of anilines is 1. The molecule has 14 heavy (non-hydrogen) atoms. The van der Waals surface area contributed by atoms with Crippen LogP contribution in [0.15, 0.2) is 16.8 Å². The predicted molar refractivity (Wildman–Crippen MR) is 67.5 cm³/mol. The second kappa shape index (κ2) is 4.15. The highest BCUT2D eigenvalue weighted by Gasteiger charge is 2.28. The van der Waals surface area contributed by atoms with Crippen LogP contribution >= 0.6 is 23.1 Å². The summed E-state index contributed by atoms with van der Waals surface area (Å²) in [7, 11) is 0. The van der Waals surface area contributed by atoms with Crippen molar-refractivity contribution in [3.63, 3.8) is 0 Å². The van der Waals surface area contributed by atoms with E-state index in [0.29, 0.717) is 11.5 Å². The molecule has 2 rings (SSSR count). The molecule has 0 amide bonds. The molecule has 0 saturated carbocycles. The summed E-state index contributed by atoms with van der Waals surface area (Å²) in [6.45, 7) is 4.73. The first kappa shape index (κ1) is 10.4. The van der Waals surface area contributed by atoms with Gasteiger partial charge in [0.25, 0.3) is 0 Å². The first-order valence-electron chi connectivity index (χ1n) is 5.02. The van der Waals surface area contributed by atoms with Crippen LogP contribution in [0.2, 0.25) is 0 Å². The van der Waals surface area contributed by atoms with E-state index < -0.39 is 0 Å². The average molecular weight is 227 g/mol. The summed E-state index contributed by atoms with van der Waals surface area (Å²) in [5.74, 6) is 2.55. The molecule has 78 valence electrons. The zero-order chi connectivity index (χ0) is 10.0. The van der Waals surface area contributed by atoms with E-state index in [1.807, 2.05) is 0 Å². The summed E-state index contributed by atoms with van der Waals surface area (Å²) in [5.41, 5.74) is 1.79. The fourth-order valence-corrected chi connectivity index (χ4v) is 3.81. The normalized spacial score (nSPS) is 26.0. The zero-order valence-corrected chi connectivity index (χ0v) is 10.4. The van der Waals surface area contributed by atoms with Gasteiger partial charge in [-0.3, -0.25) is 0 Å². The Morgan fingerprint density at radius 1 is 1.50 bits per heavy atom. The maximum Gasteiger partial charge on any atom is 0.0451 e. The second-order valence-corrected chi connectivity index (χ2v) is 6.55. The Morgan fingerprint density at radius 2 is 2.36 bits per heavy atom. The quantitative estimate of drug-likeness (QED) is 0.827. The molecule has 1 fully saturated rings. The van der Waals surface area contributed by atoms with Crippen molar-refractivity contribution in [2.45, 2.75) is 26.3 Å². The van der Waals surface area contributed by atoms with Gasteiger partial charge in [0.1, 0.15) is 0 Å². The van der Waals surface area contributed by atoms with Crippen molar-refractivity contribution in [2.24, 2.45) is 5.41 Å². The number of rotatable bonds is 2. The smallest absolute Gasteiger partial charge is 0.0451 e. The standard InChI is InChI=1S/C11H17NS2/c1-11(2)5-10(7-14-8-11)12-9-3-4-13-6-9/h3-4,6,10,12H,5,7-8H2,1-2H3. The van der Waals surface area contributed by atoms with E-state index in [4.69, 9.17) is 0 Å². The SMILES string of the molecule is CC1(C)CSCC(Nc2ccsc2)C1. The summed E-state index contributed by atoms with van der Waals surface area (Å²) in [6, 6.07) is 2.81. The summed E-state index contributed by atoms with van der Waals surface area (Å²) in [5, 5.41) is 7.92. The van der Waals surface area contributed by atoms with Crippen LogP contribution in [0.4, 0.5) is 5.69 Å². The number of thioether (sulfide) groups is 1. The highest BCUT2D eigenvalue weighted by atomic mass is 32.2. The van der Waals surface area contributed by atoms with Gasteiger partial charge in [-0.2, -0.15) is 23.1 Å². The van der Waals surface area contributed by atoms with Crippen molar-refractivity contribution in [2.75, 3.05) is 16.8 Å². The molecule has 0 radical (unpaired) electrons. The minimum atomic E-state index is 0.497. The molecule has 1 aliphatic heterocycles. The van der Waals surface area contributed by atoms with Crippen LogP contribution in [0.3, 0.4) is 0 Å². The van der Waals surface area contributed by atoms with Gasteiger partial charge in [-0.25, -0.2) is 0 Å². The number of hydrogen-bond acceptors (Lipinski definition) is 3. The molecule has 3 heteroatoms. The lowest BCUT2D eigenvalue weighted by molar-refractivity contribution is 0.358. The van der Waals surface area contributed by atoms with E-state index in [9.17, 15) is 0 Å². The molecule has 2 heterocycles. The van der Waals surface area contributed by atoms with E-state index in [1.54, 1.807) is 11.3 Å². The van der Waals surface area contributed by atoms with Gasteiger partial charge in [0, 0.05) is 22.9 Å². The molecule has 1 aromatic heterocycles. The van der Waals surface area contributed by atoms with E-state index in [1.165, 1.54) is 23.6 Å². The molecule has 1 nitrogen and oxygen atoms in total. The van der Waals surface area contributed by atoms with Gasteiger partial charge < -0.3 is 5.32 Å². The first-order valence-corrected chi connectivity index (χ1v) is 7.12. The maximum absolute atomic E-state index is 3.61. The maximum atomic E-state index is 3.61. The minimum absolute atomic E-state index is 0.497. The first-order chi connectivity index (χ1) is 6.66. The van der Waals surface area contributed by atoms with Gasteiger partial charge in [-0.1, -0.05) is 13.8 Å². The molecule has 1 aliphatic rings. The Labute approximate surface area is 94.3 Å². The second-order valence-electron chi connectivity index (χ2n) is 4.74. The Hall–Kier alpha value is -0.150. The van der Waals surface area contributed by atoms with Gasteiger partial charge in [0.15, 0.2) is 0 Å². The third kappa shape index (κ3) is 2.67. The molecule has 1 saturated heterocycles. The largest absolute Gasteiger partial charge is 0.381 e. The average Bonchev–Trinajstić information content (AvgIpc) is 2.54. The Kier molecular flexibility index (Phi) is 3.07. The Bertz CT molecular complexity index is 279. The van der Waals surface area contributed by atoms with E-state index in [2.05, 4.69) is 47.8 Å². The van der Waals surface area contributed by atoms with E-state index in [-0.39, 0.29) is 0 Å². The van der Waals surface area contributed by atoms with Gasteiger partial charge in [0.2, 0.25) is 0 Å². The fraction of sp³-hybridized carbons (Fsp3) is 0.636. The summed E-state index contributed by atoms with van der Waals surface area (Å²) < 4.78 is 0. The molecule has 1 atom stereocenters. The topological polar surface area (TPSA) is 12.0 Å². The molecule has 1 aromatic rings. The van der Waals surface area contributed by atoms with Crippen LogP contribution in [0, 0.1) is 5.41 Å². The minimum Gasteiger partial charge on any atom is -0.381 e. The molecule has 0 aromatic carbocycles. The van der Waals surface area contributed by atoms with Crippen molar-refractivity contribution in [1.82, 2.24) is 0 Å². The van der Waals surface area contributed by atoms with Crippen LogP contribution in [-0.4, -0.2) is 17.5 Å². The molecule has 0 bridgehead atoms. The number of nitrogens with one attached hydrogen (secondary N) is 1. The van der Waals surface area contributed by atoms with Crippen LogP contribution in [0.5, 0.6) is 0 Å². The summed E-state index contributed by atoms with van der Waals surface area (Å²) in [6.07, 6.45) is 1.29. The third-order valence-corrected chi connectivity index (χ3v) is 4.81. The van der Waals surface area contributed by atoms with Crippen molar-refractivity contribution < 1.29 is 0 Å². The monoisotopic (exact) mass is 227 g/mol. The molecule has 1 unspecified atom stereocenters. The lowest BCUT2D eigenvalue weighted by Gasteiger charge is -2.35. The molecule has 0 spiro atoms. The zero-order valence-electron chi connectivity index (χ0n) is 8.75. The molecule has 0 aliphatic carbocycles. The van der Waals surface area contributed by atoms with Crippen LogP contribution < -0.4 is 5.32 Å². The van der Waals surface area contributed by atoms with Gasteiger partial charge in [-0.05, 0) is 29.0 Å². The molecular weight excluding hydrogens is 210 g/mol. The van der Waals surface area contributed by atoms with Gasteiger partial charge >= 0.3 is 0 Å². The van der Waals surface area contributed by atoms with E-state index >= 15 is 0 Å². The van der Waals surface area contributed by atoms with Crippen LogP contribution in [-0.2, 0) is 0 Å².